The van der Waals surface area contributed by atoms with E-state index < -0.39 is 0 Å². The highest BCUT2D eigenvalue weighted by molar-refractivity contribution is 6.33. The van der Waals surface area contributed by atoms with Gasteiger partial charge < -0.3 is 4.90 Å². The molecule has 0 atom stereocenters. The molecule has 1 aliphatic heterocycles. The number of rotatable bonds is 5. The van der Waals surface area contributed by atoms with Crippen molar-refractivity contribution < 1.29 is 0 Å². The summed E-state index contributed by atoms with van der Waals surface area (Å²) in [6, 6.07) is 7.38. The Kier molecular flexibility index (Phi) is 5.95. The van der Waals surface area contributed by atoms with Gasteiger partial charge in [-0.25, -0.2) is 4.98 Å². The number of anilines is 1. The molecule has 5 heteroatoms. The second kappa shape index (κ2) is 8.05. The number of piperidine rings is 1. The summed E-state index contributed by atoms with van der Waals surface area (Å²) in [5, 5.41) is 0.600. The van der Waals surface area contributed by atoms with Crippen LogP contribution < -0.4 is 10.5 Å². The summed E-state index contributed by atoms with van der Waals surface area (Å²) in [5.74, 6) is 1.46. The van der Waals surface area contributed by atoms with Crippen LogP contribution in [0.1, 0.15) is 57.3 Å². The molecule has 27 heavy (non-hydrogen) atoms. The van der Waals surface area contributed by atoms with Crippen molar-refractivity contribution in [2.24, 2.45) is 5.41 Å². The molecule has 0 unspecified atom stereocenters. The van der Waals surface area contributed by atoms with E-state index in [1.165, 1.54) is 32.1 Å². The van der Waals surface area contributed by atoms with Gasteiger partial charge in [0.05, 0.1) is 10.7 Å². The zero-order valence-corrected chi connectivity index (χ0v) is 17.6. The monoisotopic (exact) mass is 387 g/mol. The number of hydrogen-bond donors (Lipinski definition) is 0. The standard InChI is InChI=1S/C22H30ClN3O/c1-5-10-22(6-2)11-13-25(14-12-22)19-15-20(27)26(17(4)24-19)18-9-7-8-16(3)21(18)23/h7-9,15H,5-6,10-14H2,1-4H3. The van der Waals surface area contributed by atoms with Gasteiger partial charge in [0, 0.05) is 19.2 Å². The molecule has 1 aliphatic rings. The van der Waals surface area contributed by atoms with Gasteiger partial charge in [0.1, 0.15) is 11.6 Å². The third kappa shape index (κ3) is 3.91. The first kappa shape index (κ1) is 19.9. The van der Waals surface area contributed by atoms with E-state index in [4.69, 9.17) is 16.6 Å². The van der Waals surface area contributed by atoms with E-state index in [9.17, 15) is 4.79 Å². The number of nitrogens with zero attached hydrogens (tertiary/aromatic N) is 3. The molecule has 1 aromatic carbocycles. The molecule has 2 heterocycles. The van der Waals surface area contributed by atoms with Crippen LogP contribution in [0.5, 0.6) is 0 Å². The molecule has 0 N–H and O–H groups in total. The minimum Gasteiger partial charge on any atom is -0.356 e. The highest BCUT2D eigenvalue weighted by Gasteiger charge is 2.32. The molecule has 146 valence electrons. The van der Waals surface area contributed by atoms with Crippen molar-refractivity contribution in [1.29, 1.82) is 0 Å². The average molecular weight is 388 g/mol. The van der Waals surface area contributed by atoms with Gasteiger partial charge in [0.25, 0.3) is 5.56 Å². The molecular formula is C22H30ClN3O. The largest absolute Gasteiger partial charge is 0.356 e. The predicted molar refractivity (Wildman–Crippen MR) is 113 cm³/mol. The van der Waals surface area contributed by atoms with Crippen molar-refractivity contribution in [3.8, 4) is 5.69 Å². The van der Waals surface area contributed by atoms with E-state index >= 15 is 0 Å². The van der Waals surface area contributed by atoms with Gasteiger partial charge >= 0.3 is 0 Å². The molecule has 0 spiro atoms. The third-order valence-electron chi connectivity index (χ3n) is 6.16. The molecule has 4 nitrogen and oxygen atoms in total. The summed E-state index contributed by atoms with van der Waals surface area (Å²) < 4.78 is 1.61. The Morgan fingerprint density at radius 2 is 1.89 bits per heavy atom. The summed E-state index contributed by atoms with van der Waals surface area (Å²) in [5.41, 5.74) is 2.03. The summed E-state index contributed by atoms with van der Waals surface area (Å²) in [7, 11) is 0. The van der Waals surface area contributed by atoms with Crippen LogP contribution in [-0.2, 0) is 0 Å². The minimum atomic E-state index is -0.0779. The van der Waals surface area contributed by atoms with Crippen LogP contribution in [0.2, 0.25) is 5.02 Å². The van der Waals surface area contributed by atoms with Crippen LogP contribution in [0.15, 0.2) is 29.1 Å². The zero-order valence-electron chi connectivity index (χ0n) is 16.9. The Labute approximate surface area is 167 Å². The van der Waals surface area contributed by atoms with Gasteiger partial charge in [-0.1, -0.05) is 50.4 Å². The number of hydrogen-bond acceptors (Lipinski definition) is 3. The van der Waals surface area contributed by atoms with E-state index in [0.29, 0.717) is 21.9 Å². The molecule has 1 fully saturated rings. The Morgan fingerprint density at radius 1 is 1.19 bits per heavy atom. The van der Waals surface area contributed by atoms with Crippen LogP contribution >= 0.6 is 11.6 Å². The maximum Gasteiger partial charge on any atom is 0.260 e. The number of aryl methyl sites for hydroxylation is 2. The average Bonchev–Trinajstić information content (AvgIpc) is 2.65. The highest BCUT2D eigenvalue weighted by atomic mass is 35.5. The fourth-order valence-corrected chi connectivity index (χ4v) is 4.57. The maximum absolute atomic E-state index is 12.9. The van der Waals surface area contributed by atoms with E-state index in [2.05, 4.69) is 18.7 Å². The Morgan fingerprint density at radius 3 is 2.48 bits per heavy atom. The molecule has 0 aliphatic carbocycles. The van der Waals surface area contributed by atoms with E-state index in [1.807, 2.05) is 32.0 Å². The summed E-state index contributed by atoms with van der Waals surface area (Å²) in [6.07, 6.45) is 6.10. The van der Waals surface area contributed by atoms with Crippen LogP contribution in [0.3, 0.4) is 0 Å². The van der Waals surface area contributed by atoms with Crippen LogP contribution in [0.25, 0.3) is 5.69 Å². The zero-order chi connectivity index (χ0) is 19.6. The van der Waals surface area contributed by atoms with Gasteiger partial charge in [-0.2, -0.15) is 0 Å². The second-order valence-corrected chi connectivity index (χ2v) is 8.21. The molecule has 1 saturated heterocycles. The second-order valence-electron chi connectivity index (χ2n) is 7.83. The topological polar surface area (TPSA) is 38.1 Å². The lowest BCUT2D eigenvalue weighted by Gasteiger charge is -2.42. The number of aromatic nitrogens is 2. The van der Waals surface area contributed by atoms with Crippen molar-refractivity contribution in [1.82, 2.24) is 9.55 Å². The summed E-state index contributed by atoms with van der Waals surface area (Å²) in [6.45, 7) is 10.3. The Hall–Kier alpha value is -1.81. The lowest BCUT2D eigenvalue weighted by atomic mass is 9.73. The van der Waals surface area contributed by atoms with Crippen LogP contribution in [0.4, 0.5) is 5.82 Å². The Bertz CT molecular complexity index is 866. The molecule has 1 aromatic heterocycles. The molecule has 0 radical (unpaired) electrons. The van der Waals surface area contributed by atoms with Gasteiger partial charge in [-0.05, 0) is 50.2 Å². The van der Waals surface area contributed by atoms with E-state index in [-0.39, 0.29) is 5.56 Å². The van der Waals surface area contributed by atoms with Gasteiger partial charge in [0.2, 0.25) is 0 Å². The first-order valence-electron chi connectivity index (χ1n) is 10.0. The smallest absolute Gasteiger partial charge is 0.260 e. The van der Waals surface area contributed by atoms with Crippen molar-refractivity contribution >= 4 is 17.4 Å². The first-order chi connectivity index (χ1) is 12.9. The van der Waals surface area contributed by atoms with Crippen molar-refractivity contribution in [3.05, 3.63) is 51.0 Å². The van der Waals surface area contributed by atoms with Crippen molar-refractivity contribution in [2.45, 2.75) is 59.8 Å². The van der Waals surface area contributed by atoms with Gasteiger partial charge in [-0.15, -0.1) is 0 Å². The first-order valence-corrected chi connectivity index (χ1v) is 10.4. The molecular weight excluding hydrogens is 358 g/mol. The molecule has 0 saturated carbocycles. The fraction of sp³-hybridized carbons (Fsp3) is 0.545. The molecule has 3 rings (SSSR count). The third-order valence-corrected chi connectivity index (χ3v) is 6.66. The maximum atomic E-state index is 12.9. The lowest BCUT2D eigenvalue weighted by molar-refractivity contribution is 0.188. The highest BCUT2D eigenvalue weighted by Crippen LogP contribution is 2.40. The molecule has 2 aromatic rings. The summed E-state index contributed by atoms with van der Waals surface area (Å²) >= 11 is 6.44. The fourth-order valence-electron chi connectivity index (χ4n) is 4.36. The number of benzene rings is 1. The molecule has 0 bridgehead atoms. The van der Waals surface area contributed by atoms with E-state index in [0.717, 1.165) is 24.5 Å². The quantitative estimate of drug-likeness (QED) is 0.698. The van der Waals surface area contributed by atoms with Crippen LogP contribution in [-0.4, -0.2) is 22.6 Å². The SMILES string of the molecule is CCCC1(CC)CCN(c2cc(=O)n(-c3cccc(C)c3Cl)c(C)n2)CC1. The van der Waals surface area contributed by atoms with Crippen molar-refractivity contribution in [2.75, 3.05) is 18.0 Å². The van der Waals surface area contributed by atoms with Crippen molar-refractivity contribution in [3.63, 3.8) is 0 Å². The van der Waals surface area contributed by atoms with Gasteiger partial charge in [0.15, 0.2) is 0 Å². The minimum absolute atomic E-state index is 0.0779. The summed E-state index contributed by atoms with van der Waals surface area (Å²) in [4.78, 5) is 19.9. The van der Waals surface area contributed by atoms with Crippen LogP contribution in [0, 0.1) is 19.3 Å². The number of halogens is 1. The van der Waals surface area contributed by atoms with E-state index in [1.54, 1.807) is 10.6 Å². The molecule has 0 amide bonds. The normalized spacial score (nSPS) is 16.6. The Balaban J connectivity index is 1.88. The predicted octanol–water partition coefficient (Wildman–Crippen LogP) is 5.30. The van der Waals surface area contributed by atoms with Gasteiger partial charge in [-0.3, -0.25) is 9.36 Å². The lowest BCUT2D eigenvalue weighted by Crippen LogP contribution is -2.41.